The van der Waals surface area contributed by atoms with Crippen LogP contribution in [0.2, 0.25) is 0 Å². The van der Waals surface area contributed by atoms with Crippen LogP contribution in [0, 0.1) is 0 Å². The fraction of sp³-hybridized carbons (Fsp3) is 0. The van der Waals surface area contributed by atoms with Crippen molar-refractivity contribution in [1.82, 2.24) is 0 Å². The van der Waals surface area contributed by atoms with Gasteiger partial charge in [-0.15, -0.1) is 0 Å². The summed E-state index contributed by atoms with van der Waals surface area (Å²) < 4.78 is 16.6. The van der Waals surface area contributed by atoms with Crippen LogP contribution in [0.4, 0.5) is 0 Å². The second kappa shape index (κ2) is 9.88. The minimum atomic E-state index is -3.72. The van der Waals surface area contributed by atoms with Gasteiger partial charge in [0.05, 0.1) is 0 Å². The molecule has 4 nitrogen and oxygen atoms in total. The summed E-state index contributed by atoms with van der Waals surface area (Å²) in [7, 11) is 0. The third-order valence-corrected chi connectivity index (χ3v) is 0. The van der Waals surface area contributed by atoms with E-state index in [2.05, 4.69) is 24.1 Å². The molecular weight excluding hydrogens is 287 g/mol. The van der Waals surface area contributed by atoms with Crippen LogP contribution < -0.4 is 9.79 Å². The smallest absolute Gasteiger partial charge is 0.850 e. The van der Waals surface area contributed by atoms with Crippen LogP contribution in [0.25, 0.3) is 0 Å². The van der Waals surface area contributed by atoms with Gasteiger partial charge in [0.25, 0.3) is 0 Å². The standard InChI is InChI=1S/Mo.H3O2PS2.H2O2S/c;1-3(2,4)5;1-3-2/h;(H3,1,2,4,5);1-2H/q+5;;/p-5. The maximum absolute atomic E-state index is 9.29. The third-order valence-electron chi connectivity index (χ3n) is 0. The minimum Gasteiger partial charge on any atom is -0.850 e. The van der Waals surface area contributed by atoms with Crippen molar-refractivity contribution in [2.75, 3.05) is 0 Å². The molecule has 0 heterocycles. The van der Waals surface area contributed by atoms with Gasteiger partial charge in [0.1, 0.15) is 0 Å². The summed E-state index contributed by atoms with van der Waals surface area (Å²) in [5.74, 6) is 0. The fourth-order valence-electron chi connectivity index (χ4n) is 0. The SMILES string of the molecule is [Mo+5].[O-]P([O-])(=S)[S-].[O-]S[O-]. The van der Waals surface area contributed by atoms with Crippen molar-refractivity contribution in [3.8, 4) is 0 Å². The van der Waals surface area contributed by atoms with E-state index >= 15 is 0 Å². The van der Waals surface area contributed by atoms with E-state index in [9.17, 15) is 9.79 Å². The van der Waals surface area contributed by atoms with Crippen LogP contribution in [-0.4, -0.2) is 9.11 Å². The Morgan fingerprint density at radius 2 is 1.33 bits per heavy atom. The maximum atomic E-state index is 9.29. The quantitative estimate of drug-likeness (QED) is 0.231. The van der Waals surface area contributed by atoms with Crippen molar-refractivity contribution in [2.45, 2.75) is 0 Å². The number of rotatable bonds is 0. The van der Waals surface area contributed by atoms with Crippen molar-refractivity contribution in [1.29, 1.82) is 0 Å². The molecule has 0 saturated carbocycles. The molecule has 0 unspecified atom stereocenters. The molecule has 0 aromatic heterocycles. The summed E-state index contributed by atoms with van der Waals surface area (Å²) in [6, 6.07) is 0. The molecule has 0 aromatic rings. The molecule has 0 aromatic carbocycles. The summed E-state index contributed by atoms with van der Waals surface area (Å²) in [5.41, 5.74) is -3.72. The molecule has 0 aliphatic carbocycles. The summed E-state index contributed by atoms with van der Waals surface area (Å²) in [6.45, 7) is 0. The Bertz CT molecular complexity index is 71.6. The molecule has 0 N–H and O–H groups in total. The van der Waals surface area contributed by atoms with E-state index in [0.717, 1.165) is 0 Å². The van der Waals surface area contributed by atoms with Gasteiger partial charge < -0.3 is 49.2 Å². The van der Waals surface area contributed by atoms with Gasteiger partial charge >= 0.3 is 21.1 Å². The average molecular weight is 287 g/mol. The van der Waals surface area contributed by atoms with Gasteiger partial charge in [0, 0.05) is 0 Å². The van der Waals surface area contributed by atoms with Crippen LogP contribution in [-0.2, 0) is 45.1 Å². The summed E-state index contributed by atoms with van der Waals surface area (Å²) in [6.07, 6.45) is 0. The molecule has 0 saturated heterocycles. The second-order valence-electron chi connectivity index (χ2n) is 0.515. The first kappa shape index (κ1) is 17.1. The Morgan fingerprint density at radius 3 is 1.33 bits per heavy atom. The van der Waals surface area contributed by atoms with Gasteiger partial charge in [0.15, 0.2) is 0 Å². The second-order valence-corrected chi connectivity index (χ2v) is 5.12. The molecule has 0 amide bonds. The first-order valence-corrected chi connectivity index (χ1v) is 5.38. The van der Waals surface area contributed by atoms with Gasteiger partial charge in [0.2, 0.25) is 0 Å². The number of hydrogen-bond acceptors (Lipinski definition) is 7. The minimum absolute atomic E-state index is 0. The average Bonchev–Trinajstić information content (AvgIpc) is 1.27. The van der Waals surface area contributed by atoms with Crippen molar-refractivity contribution in [3.05, 3.63) is 0 Å². The van der Waals surface area contributed by atoms with E-state index in [-0.39, 0.29) is 21.1 Å². The monoisotopic (exact) mass is 289 g/mol. The molecule has 0 atom stereocenters. The number of hydrogen-bond donors (Lipinski definition) is 0. The fourth-order valence-corrected chi connectivity index (χ4v) is 0. The van der Waals surface area contributed by atoms with Crippen molar-refractivity contribution < 1.29 is 40.0 Å². The molecule has 0 aliphatic rings. The molecule has 0 fully saturated rings. The van der Waals surface area contributed by atoms with Crippen molar-refractivity contribution >= 4 is 42.1 Å². The van der Waals surface area contributed by atoms with E-state index in [0.29, 0.717) is 0 Å². The van der Waals surface area contributed by atoms with Gasteiger partial charge in [-0.25, -0.2) is 0 Å². The Kier molecular flexibility index (Phi) is 18.8. The van der Waals surface area contributed by atoms with Crippen molar-refractivity contribution in [3.63, 3.8) is 0 Å². The molecule has 53 valence electrons. The van der Waals surface area contributed by atoms with Crippen LogP contribution >= 0.6 is 18.0 Å². The zero-order valence-electron chi connectivity index (χ0n) is 3.71. The summed E-state index contributed by atoms with van der Waals surface area (Å²) in [4.78, 5) is 18.6. The third kappa shape index (κ3) is 174. The normalized spacial score (nSPS) is 8.56. The van der Waals surface area contributed by atoms with Gasteiger partial charge in [-0.2, -0.15) is 11.8 Å². The zero-order valence-corrected chi connectivity index (χ0v) is 9.06. The molecule has 0 aliphatic heterocycles. The van der Waals surface area contributed by atoms with E-state index in [1.165, 1.54) is 0 Å². The predicted molar refractivity (Wildman–Crippen MR) is 30.8 cm³/mol. The molecular formula is MoO4PS3. The van der Waals surface area contributed by atoms with E-state index < -0.39 is 18.0 Å². The van der Waals surface area contributed by atoms with E-state index in [1.807, 2.05) is 0 Å². The zero-order chi connectivity index (χ0) is 7.21. The Hall–Kier alpha value is 1.88. The van der Waals surface area contributed by atoms with Gasteiger partial charge in [-0.05, 0) is 0 Å². The Labute approximate surface area is 81.7 Å². The molecule has 9 heavy (non-hydrogen) atoms. The molecule has 0 rings (SSSR count). The Balaban J connectivity index is -0.0000000800. The largest absolute Gasteiger partial charge is 5.00 e. The first-order valence-electron chi connectivity index (χ1n) is 1.06. The Morgan fingerprint density at radius 1 is 1.33 bits per heavy atom. The molecule has 9 heteroatoms. The molecule has 0 spiro atoms. The van der Waals surface area contributed by atoms with Crippen LogP contribution in [0.15, 0.2) is 0 Å². The van der Waals surface area contributed by atoms with Crippen LogP contribution in [0.3, 0.4) is 0 Å². The molecule has 0 bridgehead atoms. The van der Waals surface area contributed by atoms with Crippen LogP contribution in [0.1, 0.15) is 0 Å². The van der Waals surface area contributed by atoms with Gasteiger partial charge in [-0.3, -0.25) is 0 Å². The first-order chi connectivity index (χ1) is 3.41. The van der Waals surface area contributed by atoms with Crippen molar-refractivity contribution in [2.24, 2.45) is 0 Å². The summed E-state index contributed by atoms with van der Waals surface area (Å²) in [5, 5.41) is 0. The van der Waals surface area contributed by atoms with E-state index in [1.54, 1.807) is 0 Å². The topological polar surface area (TPSA) is 92.2 Å². The maximum Gasteiger partial charge on any atom is 5.00 e. The summed E-state index contributed by atoms with van der Waals surface area (Å²) >= 11 is 6.53. The molecule has 1 radical (unpaired) electrons. The van der Waals surface area contributed by atoms with Gasteiger partial charge in [-0.1, -0.05) is 0 Å². The predicted octanol–water partition coefficient (Wildman–Crippen LogP) is -1.54. The van der Waals surface area contributed by atoms with E-state index in [4.69, 9.17) is 9.11 Å². The van der Waals surface area contributed by atoms with Crippen LogP contribution in [0.5, 0.6) is 0 Å².